The molecule has 0 radical (unpaired) electrons. The predicted octanol–water partition coefficient (Wildman–Crippen LogP) is 2.99. The Morgan fingerprint density at radius 3 is 2.70 bits per heavy atom. The minimum absolute atomic E-state index is 0.278. The maximum absolute atomic E-state index is 13.1. The highest BCUT2D eigenvalue weighted by Crippen LogP contribution is 2.26. The first kappa shape index (κ1) is 16.0. The summed E-state index contributed by atoms with van der Waals surface area (Å²) in [5.41, 5.74) is 2.77. The number of hydrogen-bond acceptors (Lipinski definition) is 5. The van der Waals surface area contributed by atoms with E-state index in [9.17, 15) is 4.39 Å². The van der Waals surface area contributed by atoms with E-state index in [4.69, 9.17) is 5.84 Å². The molecule has 120 valence electrons. The van der Waals surface area contributed by atoms with Gasteiger partial charge in [0.1, 0.15) is 5.82 Å². The zero-order valence-corrected chi connectivity index (χ0v) is 14.9. The number of nitrogens with two attached hydrogens (primary N) is 1. The van der Waals surface area contributed by atoms with Gasteiger partial charge < -0.3 is 5.84 Å². The third-order valence-electron chi connectivity index (χ3n) is 3.22. The highest BCUT2D eigenvalue weighted by atomic mass is 79.9. The lowest BCUT2D eigenvalue weighted by molar-refractivity contribution is 0.626. The number of nitrogen functional groups attached to an aromatic ring is 1. The van der Waals surface area contributed by atoms with Gasteiger partial charge in [-0.15, -0.1) is 10.2 Å². The molecule has 0 saturated carbocycles. The highest BCUT2D eigenvalue weighted by Gasteiger charge is 2.15. The van der Waals surface area contributed by atoms with Crippen LogP contribution in [0.2, 0.25) is 0 Å². The van der Waals surface area contributed by atoms with E-state index in [1.54, 1.807) is 10.7 Å². The smallest absolute Gasteiger partial charge is 0.271 e. The molecule has 0 saturated heterocycles. The molecule has 0 unspecified atom stereocenters. The fourth-order valence-electron chi connectivity index (χ4n) is 2.12. The largest absolute Gasteiger partial charge is 0.334 e. The van der Waals surface area contributed by atoms with Gasteiger partial charge in [-0.1, -0.05) is 33.8 Å². The Bertz CT molecular complexity index is 859. The molecule has 3 rings (SSSR count). The molecule has 2 heterocycles. The Hall–Kier alpha value is -1.87. The molecular weight excluding hydrogens is 383 g/mol. The van der Waals surface area contributed by atoms with Crippen LogP contribution in [-0.4, -0.2) is 24.7 Å². The molecule has 1 aromatic carbocycles. The molecule has 0 aliphatic carbocycles. The average molecular weight is 397 g/mol. The molecule has 23 heavy (non-hydrogen) atoms. The van der Waals surface area contributed by atoms with E-state index in [-0.39, 0.29) is 5.82 Å². The Morgan fingerprint density at radius 1 is 1.26 bits per heavy atom. The number of thioether (sulfide) groups is 1. The Kier molecular flexibility index (Phi) is 4.40. The van der Waals surface area contributed by atoms with Crippen LogP contribution in [-0.2, 0) is 5.75 Å². The number of halogens is 2. The molecule has 3 aromatic rings. The van der Waals surface area contributed by atoms with Gasteiger partial charge in [-0.3, -0.25) is 0 Å². The molecule has 0 fully saturated rings. The van der Waals surface area contributed by atoms with Crippen molar-refractivity contribution in [1.29, 1.82) is 0 Å². The van der Waals surface area contributed by atoms with Crippen molar-refractivity contribution in [2.75, 3.05) is 5.84 Å². The molecule has 6 nitrogen and oxygen atoms in total. The second-order valence-corrected chi connectivity index (χ2v) is 6.81. The zero-order chi connectivity index (χ0) is 16.6. The van der Waals surface area contributed by atoms with Crippen LogP contribution in [0.25, 0.3) is 5.95 Å². The topological polar surface area (TPSA) is 74.5 Å². The molecule has 0 atom stereocenters. The SMILES string of the molecule is Cc1cc(C)n(-c2nnc(SCc3ccc(F)cc3Br)n2N)n1. The van der Waals surface area contributed by atoms with Gasteiger partial charge in [0.15, 0.2) is 0 Å². The minimum Gasteiger partial charge on any atom is -0.334 e. The first-order valence-electron chi connectivity index (χ1n) is 6.76. The first-order valence-corrected chi connectivity index (χ1v) is 8.54. The van der Waals surface area contributed by atoms with E-state index in [2.05, 4.69) is 31.2 Å². The number of aromatic nitrogens is 5. The Labute approximate surface area is 145 Å². The van der Waals surface area contributed by atoms with Gasteiger partial charge in [0.25, 0.3) is 5.95 Å². The van der Waals surface area contributed by atoms with Gasteiger partial charge in [0, 0.05) is 15.9 Å². The fraction of sp³-hybridized carbons (Fsp3) is 0.214. The van der Waals surface area contributed by atoms with Crippen molar-refractivity contribution in [2.24, 2.45) is 0 Å². The number of hydrogen-bond donors (Lipinski definition) is 1. The molecule has 9 heteroatoms. The lowest BCUT2D eigenvalue weighted by atomic mass is 10.2. The summed E-state index contributed by atoms with van der Waals surface area (Å²) >= 11 is 4.77. The van der Waals surface area contributed by atoms with Crippen LogP contribution in [0, 0.1) is 19.7 Å². The summed E-state index contributed by atoms with van der Waals surface area (Å²) in [5, 5.41) is 13.1. The standard InChI is InChI=1S/C14H14BrFN6S/c1-8-5-9(2)22(20-8)13-18-19-14(21(13)17)23-7-10-3-4-11(16)6-12(10)15/h3-6H,7,17H2,1-2H3. The summed E-state index contributed by atoms with van der Waals surface area (Å²) in [6.07, 6.45) is 0. The van der Waals surface area contributed by atoms with Crippen LogP contribution in [0.15, 0.2) is 33.9 Å². The summed E-state index contributed by atoms with van der Waals surface area (Å²) in [6.45, 7) is 3.83. The number of nitrogens with zero attached hydrogens (tertiary/aromatic N) is 5. The second-order valence-electron chi connectivity index (χ2n) is 5.02. The van der Waals surface area contributed by atoms with Crippen molar-refractivity contribution >= 4 is 27.7 Å². The molecule has 0 aliphatic heterocycles. The molecule has 0 amide bonds. The van der Waals surface area contributed by atoms with Crippen LogP contribution in [0.1, 0.15) is 17.0 Å². The van der Waals surface area contributed by atoms with E-state index in [1.807, 2.05) is 19.9 Å². The third-order valence-corrected chi connectivity index (χ3v) is 4.95. The van der Waals surface area contributed by atoms with Crippen molar-refractivity contribution in [3.8, 4) is 5.95 Å². The predicted molar refractivity (Wildman–Crippen MR) is 90.4 cm³/mol. The monoisotopic (exact) mass is 396 g/mol. The van der Waals surface area contributed by atoms with E-state index < -0.39 is 0 Å². The van der Waals surface area contributed by atoms with Gasteiger partial charge in [-0.2, -0.15) is 5.10 Å². The van der Waals surface area contributed by atoms with Crippen molar-refractivity contribution < 1.29 is 4.39 Å². The lowest BCUT2D eigenvalue weighted by Crippen LogP contribution is -2.17. The number of rotatable bonds is 4. The van der Waals surface area contributed by atoms with Crippen LogP contribution in [0.4, 0.5) is 4.39 Å². The summed E-state index contributed by atoms with van der Waals surface area (Å²) in [5.74, 6) is 6.85. The van der Waals surface area contributed by atoms with E-state index >= 15 is 0 Å². The summed E-state index contributed by atoms with van der Waals surface area (Å²) in [6, 6.07) is 6.53. The van der Waals surface area contributed by atoms with Gasteiger partial charge in [-0.05, 0) is 37.6 Å². The zero-order valence-electron chi connectivity index (χ0n) is 12.5. The third kappa shape index (κ3) is 3.25. The maximum Gasteiger partial charge on any atom is 0.271 e. The van der Waals surface area contributed by atoms with Crippen molar-refractivity contribution in [3.63, 3.8) is 0 Å². The maximum atomic E-state index is 13.1. The first-order chi connectivity index (χ1) is 11.0. The van der Waals surface area contributed by atoms with Crippen molar-refractivity contribution in [3.05, 3.63) is 51.5 Å². The molecule has 0 aliphatic rings. The fourth-order valence-corrected chi connectivity index (χ4v) is 3.66. The van der Waals surface area contributed by atoms with Gasteiger partial charge in [0.05, 0.1) is 5.69 Å². The minimum atomic E-state index is -0.278. The van der Waals surface area contributed by atoms with Crippen molar-refractivity contribution in [2.45, 2.75) is 24.8 Å². The van der Waals surface area contributed by atoms with Crippen molar-refractivity contribution in [1.82, 2.24) is 24.7 Å². The van der Waals surface area contributed by atoms with Gasteiger partial charge >= 0.3 is 0 Å². The highest BCUT2D eigenvalue weighted by molar-refractivity contribution is 9.10. The summed E-state index contributed by atoms with van der Waals surface area (Å²) in [7, 11) is 0. The summed E-state index contributed by atoms with van der Waals surface area (Å²) < 4.78 is 16.9. The molecule has 2 aromatic heterocycles. The number of aryl methyl sites for hydroxylation is 2. The lowest BCUT2D eigenvalue weighted by Gasteiger charge is -2.06. The van der Waals surface area contributed by atoms with Gasteiger partial charge in [0.2, 0.25) is 5.16 Å². The summed E-state index contributed by atoms with van der Waals surface area (Å²) in [4.78, 5) is 0. The van der Waals surface area contributed by atoms with Crippen LogP contribution in [0.3, 0.4) is 0 Å². The molecule has 0 bridgehead atoms. The van der Waals surface area contributed by atoms with E-state index in [0.29, 0.717) is 21.3 Å². The average Bonchev–Trinajstić information content (AvgIpc) is 3.00. The molecular formula is C14H14BrFN6S. The van der Waals surface area contributed by atoms with Crippen LogP contribution < -0.4 is 5.84 Å². The normalized spacial score (nSPS) is 11.1. The molecule has 2 N–H and O–H groups in total. The molecule has 0 spiro atoms. The van der Waals surface area contributed by atoms with E-state index in [0.717, 1.165) is 17.0 Å². The van der Waals surface area contributed by atoms with E-state index in [1.165, 1.54) is 28.6 Å². The second kappa shape index (κ2) is 6.32. The quantitative estimate of drug-likeness (QED) is 0.541. The van der Waals surface area contributed by atoms with Gasteiger partial charge in [-0.25, -0.2) is 13.7 Å². The van der Waals surface area contributed by atoms with Crippen LogP contribution >= 0.6 is 27.7 Å². The Balaban J connectivity index is 1.81. The number of benzene rings is 1. The van der Waals surface area contributed by atoms with Crippen LogP contribution in [0.5, 0.6) is 0 Å². The Morgan fingerprint density at radius 2 is 2.04 bits per heavy atom.